The zero-order chi connectivity index (χ0) is 12.5. The Morgan fingerprint density at radius 3 is 3.17 bits per heavy atom. The summed E-state index contributed by atoms with van der Waals surface area (Å²) in [5.74, 6) is 0. The summed E-state index contributed by atoms with van der Waals surface area (Å²) in [6.45, 7) is 1.36. The largest absolute Gasteiger partial charge is 0.376 e. The van der Waals surface area contributed by atoms with Gasteiger partial charge in [0.25, 0.3) is 5.56 Å². The highest BCUT2D eigenvalue weighted by Gasteiger charge is 2.17. The summed E-state index contributed by atoms with van der Waals surface area (Å²) in [4.78, 5) is 16.5. The topological polar surface area (TPSA) is 44.1 Å². The van der Waals surface area contributed by atoms with E-state index in [0.717, 1.165) is 19.4 Å². The molecule has 0 aliphatic carbocycles. The Bertz CT molecular complexity index is 632. The number of benzene rings is 1. The van der Waals surface area contributed by atoms with Crippen LogP contribution in [0.3, 0.4) is 0 Å². The molecule has 1 aromatic heterocycles. The zero-order valence-electron chi connectivity index (χ0n) is 9.80. The van der Waals surface area contributed by atoms with Crippen molar-refractivity contribution in [3.05, 3.63) is 39.9 Å². The van der Waals surface area contributed by atoms with Crippen LogP contribution in [-0.4, -0.2) is 22.3 Å². The number of halogens is 1. The SMILES string of the molecule is O=c1c2ccc(Cl)cc2ncn1CC1CCCO1. The molecular formula is C13H13ClN2O2. The van der Waals surface area contributed by atoms with Gasteiger partial charge in [0.15, 0.2) is 0 Å². The number of rotatable bonds is 2. The molecule has 1 aliphatic rings. The lowest BCUT2D eigenvalue weighted by Gasteiger charge is -2.11. The first kappa shape index (κ1) is 11.7. The van der Waals surface area contributed by atoms with Crippen LogP contribution in [0.4, 0.5) is 0 Å². The van der Waals surface area contributed by atoms with Crippen LogP contribution < -0.4 is 5.56 Å². The van der Waals surface area contributed by atoms with Crippen LogP contribution in [0, 0.1) is 0 Å². The maximum absolute atomic E-state index is 12.3. The lowest BCUT2D eigenvalue weighted by molar-refractivity contribution is 0.0960. The lowest BCUT2D eigenvalue weighted by Crippen LogP contribution is -2.26. The summed E-state index contributed by atoms with van der Waals surface area (Å²) in [6.07, 6.45) is 3.78. The van der Waals surface area contributed by atoms with E-state index in [1.165, 1.54) is 0 Å². The van der Waals surface area contributed by atoms with Crippen LogP contribution in [0.25, 0.3) is 10.9 Å². The van der Waals surface area contributed by atoms with E-state index < -0.39 is 0 Å². The van der Waals surface area contributed by atoms with Crippen LogP contribution in [0.5, 0.6) is 0 Å². The maximum atomic E-state index is 12.3. The number of ether oxygens (including phenoxy) is 1. The summed E-state index contributed by atoms with van der Waals surface area (Å²) in [5, 5.41) is 1.19. The molecule has 1 fully saturated rings. The minimum atomic E-state index is -0.0350. The van der Waals surface area contributed by atoms with Crippen LogP contribution in [-0.2, 0) is 11.3 Å². The van der Waals surface area contributed by atoms with Gasteiger partial charge in [-0.15, -0.1) is 0 Å². The van der Waals surface area contributed by atoms with Crippen molar-refractivity contribution >= 4 is 22.5 Å². The van der Waals surface area contributed by atoms with E-state index >= 15 is 0 Å². The molecule has 0 amide bonds. The molecule has 0 radical (unpaired) electrons. The van der Waals surface area contributed by atoms with E-state index in [1.807, 2.05) is 0 Å². The second-order valence-corrected chi connectivity index (χ2v) is 4.94. The quantitative estimate of drug-likeness (QED) is 0.835. The summed E-state index contributed by atoms with van der Waals surface area (Å²) < 4.78 is 7.15. The smallest absolute Gasteiger partial charge is 0.261 e. The van der Waals surface area contributed by atoms with E-state index in [2.05, 4.69) is 4.98 Å². The summed E-state index contributed by atoms with van der Waals surface area (Å²) in [6, 6.07) is 5.14. The Morgan fingerprint density at radius 2 is 2.39 bits per heavy atom. The predicted octanol–water partition coefficient (Wildman–Crippen LogP) is 2.23. The van der Waals surface area contributed by atoms with E-state index in [0.29, 0.717) is 22.5 Å². The van der Waals surface area contributed by atoms with Gasteiger partial charge in [-0.05, 0) is 31.0 Å². The monoisotopic (exact) mass is 264 g/mol. The van der Waals surface area contributed by atoms with Crippen LogP contribution in [0.1, 0.15) is 12.8 Å². The van der Waals surface area contributed by atoms with Gasteiger partial charge in [-0.1, -0.05) is 11.6 Å². The molecule has 94 valence electrons. The van der Waals surface area contributed by atoms with Crippen molar-refractivity contribution < 1.29 is 4.74 Å². The van der Waals surface area contributed by atoms with Crippen molar-refractivity contribution in [3.8, 4) is 0 Å². The molecule has 0 spiro atoms. The van der Waals surface area contributed by atoms with Gasteiger partial charge in [0.05, 0.1) is 29.9 Å². The number of fused-ring (bicyclic) bond motifs is 1. The fourth-order valence-corrected chi connectivity index (χ4v) is 2.44. The number of hydrogen-bond donors (Lipinski definition) is 0. The molecule has 2 heterocycles. The summed E-state index contributed by atoms with van der Waals surface area (Å²) >= 11 is 5.88. The second-order valence-electron chi connectivity index (χ2n) is 4.50. The van der Waals surface area contributed by atoms with Gasteiger partial charge in [-0.3, -0.25) is 9.36 Å². The third kappa shape index (κ3) is 2.13. The third-order valence-electron chi connectivity index (χ3n) is 3.21. The van der Waals surface area contributed by atoms with Gasteiger partial charge in [-0.25, -0.2) is 4.98 Å². The normalized spacial score (nSPS) is 19.5. The molecule has 18 heavy (non-hydrogen) atoms. The first-order valence-corrected chi connectivity index (χ1v) is 6.38. The molecule has 1 aliphatic heterocycles. The second kappa shape index (κ2) is 4.71. The highest BCUT2D eigenvalue weighted by atomic mass is 35.5. The van der Waals surface area contributed by atoms with E-state index in [-0.39, 0.29) is 11.7 Å². The first-order valence-electron chi connectivity index (χ1n) is 6.00. The minimum absolute atomic E-state index is 0.0350. The number of aromatic nitrogens is 2. The lowest BCUT2D eigenvalue weighted by atomic mass is 10.2. The molecule has 2 aromatic rings. The third-order valence-corrected chi connectivity index (χ3v) is 3.45. The van der Waals surface area contributed by atoms with Gasteiger partial charge in [0.2, 0.25) is 0 Å². The Morgan fingerprint density at radius 1 is 1.50 bits per heavy atom. The zero-order valence-corrected chi connectivity index (χ0v) is 10.6. The molecule has 1 atom stereocenters. The molecule has 3 rings (SSSR count). The predicted molar refractivity (Wildman–Crippen MR) is 70.0 cm³/mol. The van der Waals surface area contributed by atoms with Crippen molar-refractivity contribution in [2.45, 2.75) is 25.5 Å². The summed E-state index contributed by atoms with van der Waals surface area (Å²) in [7, 11) is 0. The molecule has 1 saturated heterocycles. The fraction of sp³-hybridized carbons (Fsp3) is 0.385. The molecule has 1 aromatic carbocycles. The van der Waals surface area contributed by atoms with Crippen molar-refractivity contribution in [1.82, 2.24) is 9.55 Å². The first-order chi connectivity index (χ1) is 8.74. The van der Waals surface area contributed by atoms with Gasteiger partial charge in [-0.2, -0.15) is 0 Å². The Labute approximate surface area is 109 Å². The highest BCUT2D eigenvalue weighted by molar-refractivity contribution is 6.31. The van der Waals surface area contributed by atoms with E-state index in [4.69, 9.17) is 16.3 Å². The highest BCUT2D eigenvalue weighted by Crippen LogP contribution is 2.16. The number of hydrogen-bond acceptors (Lipinski definition) is 3. The molecule has 0 saturated carbocycles. The minimum Gasteiger partial charge on any atom is -0.376 e. The molecule has 4 nitrogen and oxygen atoms in total. The fourth-order valence-electron chi connectivity index (χ4n) is 2.27. The van der Waals surface area contributed by atoms with Gasteiger partial charge in [0, 0.05) is 11.6 Å². The maximum Gasteiger partial charge on any atom is 0.261 e. The Balaban J connectivity index is 2.00. The number of nitrogens with zero attached hydrogens (tertiary/aromatic N) is 2. The van der Waals surface area contributed by atoms with Gasteiger partial charge < -0.3 is 4.74 Å². The molecule has 1 unspecified atom stereocenters. The van der Waals surface area contributed by atoms with E-state index in [9.17, 15) is 4.79 Å². The average Bonchev–Trinajstić information content (AvgIpc) is 2.85. The molecular weight excluding hydrogens is 252 g/mol. The Hall–Kier alpha value is -1.39. The average molecular weight is 265 g/mol. The van der Waals surface area contributed by atoms with Gasteiger partial charge in [0.1, 0.15) is 0 Å². The van der Waals surface area contributed by atoms with Crippen molar-refractivity contribution in [1.29, 1.82) is 0 Å². The van der Waals surface area contributed by atoms with Crippen LogP contribution in [0.15, 0.2) is 29.3 Å². The van der Waals surface area contributed by atoms with Crippen molar-refractivity contribution in [2.75, 3.05) is 6.61 Å². The standard InChI is InChI=1S/C13H13ClN2O2/c14-9-3-4-11-12(6-9)15-8-16(13(11)17)7-10-2-1-5-18-10/h3-4,6,8,10H,1-2,5,7H2. The van der Waals surface area contributed by atoms with Crippen molar-refractivity contribution in [3.63, 3.8) is 0 Å². The summed E-state index contributed by atoms with van der Waals surface area (Å²) in [5.41, 5.74) is 0.600. The van der Waals surface area contributed by atoms with Crippen molar-refractivity contribution in [2.24, 2.45) is 0 Å². The molecule has 0 bridgehead atoms. The molecule has 5 heteroatoms. The Kier molecular flexibility index (Phi) is 3.06. The van der Waals surface area contributed by atoms with E-state index in [1.54, 1.807) is 29.1 Å². The molecule has 0 N–H and O–H groups in total. The van der Waals surface area contributed by atoms with Gasteiger partial charge >= 0.3 is 0 Å². The van der Waals surface area contributed by atoms with Crippen LogP contribution >= 0.6 is 11.6 Å². The van der Waals surface area contributed by atoms with Crippen LogP contribution in [0.2, 0.25) is 5.02 Å².